The summed E-state index contributed by atoms with van der Waals surface area (Å²) in [7, 11) is 1.40. The minimum atomic E-state index is -2.18. The Morgan fingerprint density at radius 3 is 2.50 bits per heavy atom. The van der Waals surface area contributed by atoms with Crippen molar-refractivity contribution in [1.29, 1.82) is 0 Å². The summed E-state index contributed by atoms with van der Waals surface area (Å²) in [6, 6.07) is 6.57. The molecular weight excluding hydrogens is 396 g/mol. The van der Waals surface area contributed by atoms with E-state index < -0.39 is 27.8 Å². The zero-order chi connectivity index (χ0) is 22.5. The second-order valence-corrected chi connectivity index (χ2v) is 6.38. The highest BCUT2D eigenvalue weighted by Crippen LogP contribution is 2.29. The third-order valence-corrected chi connectivity index (χ3v) is 4.76. The fourth-order valence-electron chi connectivity index (χ4n) is 3.25. The molecule has 2 aromatic rings. The van der Waals surface area contributed by atoms with E-state index in [4.69, 9.17) is 9.47 Å². The van der Waals surface area contributed by atoms with Crippen LogP contribution in [0.1, 0.15) is 31.4 Å². The van der Waals surface area contributed by atoms with Crippen LogP contribution < -0.4 is 5.56 Å². The highest BCUT2D eigenvalue weighted by molar-refractivity contribution is 6.05. The van der Waals surface area contributed by atoms with E-state index in [2.05, 4.69) is 0 Å². The van der Waals surface area contributed by atoms with Gasteiger partial charge in [-0.2, -0.15) is 0 Å². The number of aliphatic carboxylic acids is 1. The van der Waals surface area contributed by atoms with Gasteiger partial charge in [0, 0.05) is 36.6 Å². The Hall–Kier alpha value is -3.53. The number of esters is 1. The van der Waals surface area contributed by atoms with Gasteiger partial charge in [0.15, 0.2) is 5.41 Å². The van der Waals surface area contributed by atoms with Crippen LogP contribution in [-0.4, -0.2) is 40.3 Å². The van der Waals surface area contributed by atoms with Gasteiger partial charge in [-0.25, -0.2) is 0 Å². The number of hydrogen-bond donors (Lipinski definition) is 1. The number of ether oxygens (including phenoxy) is 2. The number of hydrogen-bond acceptors (Lipinski definition) is 7. The molecule has 0 radical (unpaired) electrons. The summed E-state index contributed by atoms with van der Waals surface area (Å²) in [6.45, 7) is 2.94. The molecule has 0 saturated heterocycles. The Kier molecular flexibility index (Phi) is 7.06. The molecule has 0 bridgehead atoms. The van der Waals surface area contributed by atoms with Crippen molar-refractivity contribution in [2.45, 2.75) is 32.3 Å². The number of carboxylic acids is 1. The molecule has 0 saturated carbocycles. The number of carbonyl (C=O) groups excluding carboxylic acids is 1. The van der Waals surface area contributed by atoms with Gasteiger partial charge in [-0.1, -0.05) is 13.0 Å². The zero-order valence-electron chi connectivity index (χ0n) is 16.8. The van der Waals surface area contributed by atoms with Crippen molar-refractivity contribution in [1.82, 2.24) is 4.57 Å². The SMILES string of the molecule is CCOC(=O)C(CC)(C(=O)O)c1cccn(-c2ccc([N+](=O)[O-])cc2COC)c1=O. The van der Waals surface area contributed by atoms with Crippen LogP contribution in [0.3, 0.4) is 0 Å². The van der Waals surface area contributed by atoms with Crippen molar-refractivity contribution < 1.29 is 29.1 Å². The van der Waals surface area contributed by atoms with Gasteiger partial charge in [-0.15, -0.1) is 0 Å². The summed E-state index contributed by atoms with van der Waals surface area (Å²) in [6.07, 6.45) is 1.19. The normalized spacial score (nSPS) is 12.8. The number of aromatic nitrogens is 1. The van der Waals surface area contributed by atoms with Gasteiger partial charge in [0.05, 0.1) is 23.8 Å². The van der Waals surface area contributed by atoms with Crippen LogP contribution in [0.4, 0.5) is 5.69 Å². The van der Waals surface area contributed by atoms with Crippen molar-refractivity contribution in [3.8, 4) is 5.69 Å². The molecule has 30 heavy (non-hydrogen) atoms. The standard InChI is InChI=1S/C20H22N2O8/c1-4-20(18(24)25,19(26)30-5-2)15-7-6-10-21(17(15)23)16-9-8-14(22(27)28)11-13(16)12-29-3/h6-11H,4-5,12H2,1-3H3,(H,24,25). The van der Waals surface area contributed by atoms with Gasteiger partial charge in [0.1, 0.15) is 0 Å². The summed E-state index contributed by atoms with van der Waals surface area (Å²) in [5, 5.41) is 20.9. The predicted octanol–water partition coefficient (Wildman–Crippen LogP) is 2.19. The third-order valence-electron chi connectivity index (χ3n) is 4.76. The Morgan fingerprint density at radius 2 is 1.97 bits per heavy atom. The molecule has 1 unspecified atom stereocenters. The van der Waals surface area contributed by atoms with Crippen molar-refractivity contribution in [3.05, 3.63) is 68.1 Å². The second kappa shape index (κ2) is 9.31. The van der Waals surface area contributed by atoms with Gasteiger partial charge < -0.3 is 14.6 Å². The van der Waals surface area contributed by atoms with E-state index in [1.54, 1.807) is 0 Å². The molecule has 160 valence electrons. The van der Waals surface area contributed by atoms with Crippen LogP contribution >= 0.6 is 0 Å². The second-order valence-electron chi connectivity index (χ2n) is 6.38. The van der Waals surface area contributed by atoms with Gasteiger partial charge in [-0.3, -0.25) is 29.1 Å². The van der Waals surface area contributed by atoms with Crippen molar-refractivity contribution in [2.75, 3.05) is 13.7 Å². The molecule has 0 aliphatic rings. The molecule has 0 spiro atoms. The lowest BCUT2D eigenvalue weighted by atomic mass is 9.78. The largest absolute Gasteiger partial charge is 0.480 e. The Morgan fingerprint density at radius 1 is 1.27 bits per heavy atom. The summed E-state index contributed by atoms with van der Waals surface area (Å²) < 4.78 is 11.2. The Bertz CT molecular complexity index is 1030. The number of pyridine rings is 1. The number of carbonyl (C=O) groups is 2. The van der Waals surface area contributed by atoms with E-state index in [0.29, 0.717) is 5.56 Å². The molecule has 1 atom stereocenters. The Balaban J connectivity index is 2.78. The molecule has 1 aromatic carbocycles. The molecule has 0 amide bonds. The van der Waals surface area contributed by atoms with E-state index in [1.165, 1.54) is 57.5 Å². The minimum absolute atomic E-state index is 0.0244. The minimum Gasteiger partial charge on any atom is -0.480 e. The summed E-state index contributed by atoms with van der Waals surface area (Å²) in [4.78, 5) is 48.5. The summed E-state index contributed by atoms with van der Waals surface area (Å²) in [5.74, 6) is -2.53. The lowest BCUT2D eigenvalue weighted by Crippen LogP contribution is -2.48. The van der Waals surface area contributed by atoms with Gasteiger partial charge in [-0.05, 0) is 25.5 Å². The number of rotatable bonds is 9. The van der Waals surface area contributed by atoms with Crippen molar-refractivity contribution >= 4 is 17.6 Å². The smallest absolute Gasteiger partial charge is 0.328 e. The number of benzene rings is 1. The molecule has 0 aliphatic carbocycles. The maximum Gasteiger partial charge on any atom is 0.328 e. The maximum absolute atomic E-state index is 13.3. The number of non-ortho nitro benzene ring substituents is 1. The van der Waals surface area contributed by atoms with Gasteiger partial charge >= 0.3 is 11.9 Å². The van der Waals surface area contributed by atoms with Crippen molar-refractivity contribution in [2.24, 2.45) is 0 Å². The lowest BCUT2D eigenvalue weighted by molar-refractivity contribution is -0.384. The third kappa shape index (κ3) is 3.94. The molecule has 2 rings (SSSR count). The number of nitro benzene ring substituents is 1. The van der Waals surface area contributed by atoms with Gasteiger partial charge in [0.2, 0.25) is 0 Å². The molecule has 1 heterocycles. The monoisotopic (exact) mass is 418 g/mol. The topological polar surface area (TPSA) is 138 Å². The van der Waals surface area contributed by atoms with E-state index in [9.17, 15) is 29.6 Å². The first-order valence-corrected chi connectivity index (χ1v) is 9.13. The first kappa shape index (κ1) is 22.8. The average Bonchev–Trinajstić information content (AvgIpc) is 2.70. The molecule has 0 fully saturated rings. The Labute approximate surface area is 171 Å². The molecule has 0 aliphatic heterocycles. The maximum atomic E-state index is 13.3. The molecule has 1 aromatic heterocycles. The van der Waals surface area contributed by atoms with E-state index in [1.807, 2.05) is 0 Å². The molecular formula is C20H22N2O8. The highest BCUT2D eigenvalue weighted by Gasteiger charge is 2.50. The predicted molar refractivity (Wildman–Crippen MR) is 106 cm³/mol. The van der Waals surface area contributed by atoms with Crippen LogP contribution in [0.15, 0.2) is 41.3 Å². The number of methoxy groups -OCH3 is 1. The van der Waals surface area contributed by atoms with E-state index in [0.717, 1.165) is 4.57 Å². The van der Waals surface area contributed by atoms with Crippen LogP contribution in [0.2, 0.25) is 0 Å². The number of nitrogens with zero attached hydrogens (tertiary/aromatic N) is 2. The van der Waals surface area contributed by atoms with Crippen LogP contribution in [0.5, 0.6) is 0 Å². The molecule has 1 N–H and O–H groups in total. The van der Waals surface area contributed by atoms with E-state index >= 15 is 0 Å². The first-order chi connectivity index (χ1) is 14.2. The highest BCUT2D eigenvalue weighted by atomic mass is 16.6. The van der Waals surface area contributed by atoms with Crippen LogP contribution in [0.25, 0.3) is 5.69 Å². The quantitative estimate of drug-likeness (QED) is 0.283. The first-order valence-electron chi connectivity index (χ1n) is 9.13. The summed E-state index contributed by atoms with van der Waals surface area (Å²) in [5.41, 5.74) is -2.76. The van der Waals surface area contributed by atoms with Crippen LogP contribution in [-0.2, 0) is 31.1 Å². The zero-order valence-corrected chi connectivity index (χ0v) is 16.8. The lowest BCUT2D eigenvalue weighted by Gasteiger charge is -2.26. The van der Waals surface area contributed by atoms with E-state index in [-0.39, 0.29) is 36.6 Å². The number of nitro groups is 1. The van der Waals surface area contributed by atoms with Gasteiger partial charge in [0.25, 0.3) is 11.2 Å². The molecule has 10 heteroatoms. The molecule has 10 nitrogen and oxygen atoms in total. The number of carboxylic acid groups (broad SMARTS) is 1. The van der Waals surface area contributed by atoms with Crippen molar-refractivity contribution in [3.63, 3.8) is 0 Å². The van der Waals surface area contributed by atoms with Crippen LogP contribution in [0, 0.1) is 10.1 Å². The average molecular weight is 418 g/mol. The summed E-state index contributed by atoms with van der Waals surface area (Å²) >= 11 is 0. The fourth-order valence-corrected chi connectivity index (χ4v) is 3.25. The fraction of sp³-hybridized carbons (Fsp3) is 0.350.